The predicted octanol–water partition coefficient (Wildman–Crippen LogP) is 7.00. The van der Waals surface area contributed by atoms with Crippen LogP contribution in [0.2, 0.25) is 0 Å². The van der Waals surface area contributed by atoms with E-state index in [-0.39, 0.29) is 28.7 Å². The van der Waals surface area contributed by atoms with Gasteiger partial charge in [0.25, 0.3) is 0 Å². The highest BCUT2D eigenvalue weighted by atomic mass is 19.3. The molecule has 2 aliphatic heterocycles. The van der Waals surface area contributed by atoms with E-state index in [0.29, 0.717) is 37.1 Å². The minimum absolute atomic E-state index is 0.0691. The molecule has 1 aliphatic carbocycles. The van der Waals surface area contributed by atoms with Gasteiger partial charge in [-0.05, 0) is 62.9 Å². The molecule has 1 N–H and O–H groups in total. The Labute approximate surface area is 236 Å². The van der Waals surface area contributed by atoms with Crippen LogP contribution in [-0.2, 0) is 31.6 Å². The molecule has 6 rings (SSSR count). The van der Waals surface area contributed by atoms with Crippen molar-refractivity contribution in [3.05, 3.63) is 53.5 Å². The molecule has 3 aromatic rings. The fraction of sp³-hybridized carbons (Fsp3) is 0.516. The molecule has 0 bridgehead atoms. The normalized spacial score (nSPS) is 21.8. The van der Waals surface area contributed by atoms with E-state index >= 15 is 4.39 Å². The molecule has 41 heavy (non-hydrogen) atoms. The summed E-state index contributed by atoms with van der Waals surface area (Å²) >= 11 is 0. The van der Waals surface area contributed by atoms with Crippen LogP contribution in [0, 0.1) is 5.82 Å². The van der Waals surface area contributed by atoms with E-state index in [1.807, 2.05) is 13.8 Å². The minimum Gasteiger partial charge on any atom is -0.395 e. The molecule has 1 saturated carbocycles. The molecule has 2 aromatic carbocycles. The van der Waals surface area contributed by atoms with Crippen molar-refractivity contribution in [2.45, 2.75) is 95.9 Å². The van der Waals surface area contributed by atoms with Crippen LogP contribution in [0.4, 0.5) is 18.9 Å². The molecule has 220 valence electrons. The number of alkyl halides is 2. The number of hydrogen-bond acceptors (Lipinski definition) is 5. The smallest absolute Gasteiger partial charge is 0.395 e. The van der Waals surface area contributed by atoms with Crippen molar-refractivity contribution in [3.63, 3.8) is 0 Å². The number of aromatic nitrogens is 1. The van der Waals surface area contributed by atoms with E-state index < -0.39 is 29.2 Å². The third kappa shape index (κ3) is 5.05. The van der Waals surface area contributed by atoms with Crippen LogP contribution >= 0.6 is 0 Å². The van der Waals surface area contributed by atoms with E-state index in [1.54, 1.807) is 12.1 Å². The third-order valence-corrected chi connectivity index (χ3v) is 8.40. The van der Waals surface area contributed by atoms with Crippen molar-refractivity contribution in [2.75, 3.05) is 11.9 Å². The van der Waals surface area contributed by atoms with Crippen LogP contribution < -0.4 is 14.8 Å². The first-order valence-corrected chi connectivity index (χ1v) is 14.1. The molecule has 3 heterocycles. The van der Waals surface area contributed by atoms with Gasteiger partial charge >= 0.3 is 6.29 Å². The highest BCUT2D eigenvalue weighted by Crippen LogP contribution is 2.52. The molecule has 1 saturated heterocycles. The molecule has 7 nitrogen and oxygen atoms in total. The Kier molecular flexibility index (Phi) is 6.39. The largest absolute Gasteiger partial charge is 0.586 e. The van der Waals surface area contributed by atoms with Gasteiger partial charge in [0.1, 0.15) is 11.9 Å². The second-order valence-electron chi connectivity index (χ2n) is 12.5. The van der Waals surface area contributed by atoms with Gasteiger partial charge in [-0.1, -0.05) is 33.3 Å². The average molecular weight is 573 g/mol. The first kappa shape index (κ1) is 27.9. The molecule has 1 aromatic heterocycles. The van der Waals surface area contributed by atoms with E-state index in [2.05, 4.69) is 46.2 Å². The van der Waals surface area contributed by atoms with E-state index in [1.165, 1.54) is 18.2 Å². The Bertz CT molecular complexity index is 1530. The molecule has 10 heteroatoms. The summed E-state index contributed by atoms with van der Waals surface area (Å²) in [6, 6.07) is 9.53. The van der Waals surface area contributed by atoms with Crippen molar-refractivity contribution < 1.29 is 36.9 Å². The van der Waals surface area contributed by atoms with Crippen molar-refractivity contribution in [1.82, 2.24) is 4.57 Å². The summed E-state index contributed by atoms with van der Waals surface area (Å²) in [6.07, 6.45) is -0.996. The molecule has 0 spiro atoms. The second-order valence-corrected chi connectivity index (χ2v) is 12.5. The SMILES string of the molecule is CCCC(C)(C)c1cc2cc(NC(=O)C3(c4ccc5c(c4)OC(F)(F)O5)CC3)c(F)cc2n1C[C@@H]1COC(C)(C)O1. The molecule has 1 atom stereocenters. The Morgan fingerprint density at radius 2 is 1.83 bits per heavy atom. The van der Waals surface area contributed by atoms with Crippen LogP contribution in [0.5, 0.6) is 11.5 Å². The number of benzene rings is 2. The minimum atomic E-state index is -3.74. The molecule has 1 amide bonds. The van der Waals surface area contributed by atoms with Gasteiger partial charge in [0, 0.05) is 22.6 Å². The predicted molar refractivity (Wildman–Crippen MR) is 147 cm³/mol. The van der Waals surface area contributed by atoms with Crippen molar-refractivity contribution >= 4 is 22.5 Å². The van der Waals surface area contributed by atoms with Crippen LogP contribution in [0.1, 0.15) is 71.6 Å². The molecular weight excluding hydrogens is 537 g/mol. The summed E-state index contributed by atoms with van der Waals surface area (Å²) in [6.45, 7) is 11.2. The van der Waals surface area contributed by atoms with Crippen LogP contribution in [-0.4, -0.2) is 35.3 Å². The maximum atomic E-state index is 15.6. The van der Waals surface area contributed by atoms with Crippen LogP contribution in [0.15, 0.2) is 36.4 Å². The zero-order chi connectivity index (χ0) is 29.4. The summed E-state index contributed by atoms with van der Waals surface area (Å²) < 4.78 is 65.7. The van der Waals surface area contributed by atoms with E-state index in [4.69, 9.17) is 9.47 Å². The first-order valence-electron chi connectivity index (χ1n) is 14.1. The Morgan fingerprint density at radius 1 is 1.10 bits per heavy atom. The number of amides is 1. The summed E-state index contributed by atoms with van der Waals surface area (Å²) in [5.74, 6) is -1.84. The van der Waals surface area contributed by atoms with Crippen LogP contribution in [0.3, 0.4) is 0 Å². The first-order chi connectivity index (χ1) is 19.2. The fourth-order valence-corrected chi connectivity index (χ4v) is 6.21. The van der Waals surface area contributed by atoms with Crippen molar-refractivity contribution in [3.8, 4) is 11.5 Å². The Morgan fingerprint density at radius 3 is 2.49 bits per heavy atom. The highest BCUT2D eigenvalue weighted by Gasteiger charge is 2.53. The number of carbonyl (C=O) groups excluding carboxylic acids is 1. The summed E-state index contributed by atoms with van der Waals surface area (Å²) in [5, 5.41) is 3.58. The topological polar surface area (TPSA) is 71.0 Å². The Hall–Kier alpha value is -3.24. The van der Waals surface area contributed by atoms with Gasteiger partial charge in [0.2, 0.25) is 5.91 Å². The average Bonchev–Trinajstić information content (AvgIpc) is 3.39. The lowest BCUT2D eigenvalue weighted by molar-refractivity contribution is -0.286. The molecule has 0 radical (unpaired) electrons. The molecule has 2 fully saturated rings. The van der Waals surface area contributed by atoms with Gasteiger partial charge in [0.15, 0.2) is 17.3 Å². The van der Waals surface area contributed by atoms with Crippen LogP contribution in [0.25, 0.3) is 10.9 Å². The van der Waals surface area contributed by atoms with Gasteiger partial charge in [-0.2, -0.15) is 0 Å². The third-order valence-electron chi connectivity index (χ3n) is 8.40. The molecule has 3 aliphatic rings. The number of halogens is 3. The lowest BCUT2D eigenvalue weighted by Gasteiger charge is -2.28. The second kappa shape index (κ2) is 9.39. The van der Waals surface area contributed by atoms with Gasteiger partial charge in [-0.3, -0.25) is 4.79 Å². The van der Waals surface area contributed by atoms with E-state index in [0.717, 1.165) is 23.9 Å². The zero-order valence-corrected chi connectivity index (χ0v) is 23.9. The fourth-order valence-electron chi connectivity index (χ4n) is 6.21. The van der Waals surface area contributed by atoms with Gasteiger partial charge in [0.05, 0.1) is 29.8 Å². The maximum absolute atomic E-state index is 15.6. The van der Waals surface area contributed by atoms with Crippen molar-refractivity contribution in [2.24, 2.45) is 0 Å². The standard InChI is InChI=1S/C31H35F3N2O5/c1-6-9-28(2,3)26-13-18-12-22(21(32)15-23(18)36(26)16-20-17-38-29(4,5)39-20)35-27(37)30(10-11-30)19-7-8-24-25(14-19)41-31(33,34)40-24/h7-8,12-15,20H,6,9-11,16-17H2,1-5H3,(H,35,37)/t20-/m1/s1. The number of rotatable bonds is 8. The lowest BCUT2D eigenvalue weighted by atomic mass is 9.84. The number of hydrogen-bond donors (Lipinski definition) is 1. The molecular formula is C31H35F3N2O5. The molecule has 0 unspecified atom stereocenters. The quantitative estimate of drug-likeness (QED) is 0.315. The highest BCUT2D eigenvalue weighted by molar-refractivity contribution is 6.03. The number of nitrogens with zero attached hydrogens (tertiary/aromatic N) is 1. The lowest BCUT2D eigenvalue weighted by Crippen LogP contribution is -2.28. The summed E-state index contributed by atoms with van der Waals surface area (Å²) in [4.78, 5) is 13.5. The number of carbonyl (C=O) groups is 1. The zero-order valence-electron chi connectivity index (χ0n) is 23.9. The van der Waals surface area contributed by atoms with Gasteiger partial charge in [-0.15, -0.1) is 8.78 Å². The van der Waals surface area contributed by atoms with Gasteiger partial charge < -0.3 is 28.8 Å². The monoisotopic (exact) mass is 572 g/mol. The van der Waals surface area contributed by atoms with Crippen molar-refractivity contribution in [1.29, 1.82) is 0 Å². The Balaban J connectivity index is 1.31. The van der Waals surface area contributed by atoms with Gasteiger partial charge in [-0.25, -0.2) is 4.39 Å². The summed E-state index contributed by atoms with van der Waals surface area (Å²) in [5.41, 5.74) is 1.22. The number of ether oxygens (including phenoxy) is 4. The summed E-state index contributed by atoms with van der Waals surface area (Å²) in [7, 11) is 0. The number of fused-ring (bicyclic) bond motifs is 2. The van der Waals surface area contributed by atoms with E-state index in [9.17, 15) is 13.6 Å². The number of nitrogens with one attached hydrogen (secondary N) is 1. The number of anilines is 1. The maximum Gasteiger partial charge on any atom is 0.586 e.